The zero-order chi connectivity index (χ0) is 18.6. The van der Waals surface area contributed by atoms with E-state index in [-0.39, 0.29) is 17.1 Å². The Bertz CT molecular complexity index is 781. The largest absolute Gasteiger partial charge is 0.416 e. The predicted octanol–water partition coefficient (Wildman–Crippen LogP) is 6.05. The summed E-state index contributed by atoms with van der Waals surface area (Å²) in [5, 5.41) is 2.98. The van der Waals surface area contributed by atoms with Crippen molar-refractivity contribution in [1.29, 1.82) is 0 Å². The molecule has 2 rings (SSSR count). The molecule has 25 heavy (non-hydrogen) atoms. The highest BCUT2D eigenvalue weighted by atomic mass is 35.5. The van der Waals surface area contributed by atoms with Crippen molar-refractivity contribution in [3.8, 4) is 0 Å². The molecule has 0 saturated carbocycles. The van der Waals surface area contributed by atoms with Crippen LogP contribution in [0.4, 0.5) is 13.2 Å². The fourth-order valence-corrected chi connectivity index (χ4v) is 3.37. The zero-order valence-electron chi connectivity index (χ0n) is 13.1. The molecule has 0 aliphatic heterocycles. The molecular weight excluding hydrogens is 394 g/mol. The number of halogens is 5. The van der Waals surface area contributed by atoms with E-state index in [0.717, 1.165) is 28.3 Å². The Balaban J connectivity index is 2.19. The van der Waals surface area contributed by atoms with Gasteiger partial charge in [0, 0.05) is 27.0 Å². The number of carbonyl (C=O) groups excluding carboxylic acids is 1. The maximum atomic E-state index is 12.8. The number of rotatable bonds is 5. The Labute approximate surface area is 157 Å². The maximum Gasteiger partial charge on any atom is 0.416 e. The van der Waals surface area contributed by atoms with E-state index >= 15 is 0 Å². The molecule has 0 fully saturated rings. The Morgan fingerprint density at radius 3 is 2.48 bits per heavy atom. The van der Waals surface area contributed by atoms with Gasteiger partial charge in [-0.1, -0.05) is 30.1 Å². The first-order valence-corrected chi connectivity index (χ1v) is 9.02. The van der Waals surface area contributed by atoms with Crippen LogP contribution in [0.3, 0.4) is 0 Å². The van der Waals surface area contributed by atoms with E-state index in [0.29, 0.717) is 5.02 Å². The Kier molecular flexibility index (Phi) is 6.65. The molecule has 0 heterocycles. The van der Waals surface area contributed by atoms with Gasteiger partial charge in [-0.15, -0.1) is 11.8 Å². The number of benzene rings is 2. The highest BCUT2D eigenvalue weighted by Crippen LogP contribution is 2.32. The van der Waals surface area contributed by atoms with E-state index in [1.165, 1.54) is 6.07 Å². The van der Waals surface area contributed by atoms with Gasteiger partial charge in [0.15, 0.2) is 0 Å². The van der Waals surface area contributed by atoms with Crippen molar-refractivity contribution in [3.05, 3.63) is 63.1 Å². The molecule has 0 saturated heterocycles. The van der Waals surface area contributed by atoms with Crippen LogP contribution in [0, 0.1) is 0 Å². The molecule has 8 heteroatoms. The number of thioether (sulfide) groups is 1. The van der Waals surface area contributed by atoms with Crippen LogP contribution in [-0.4, -0.2) is 11.7 Å². The number of hydrogen-bond acceptors (Lipinski definition) is 2. The van der Waals surface area contributed by atoms with E-state index in [9.17, 15) is 18.0 Å². The molecule has 0 aliphatic rings. The van der Waals surface area contributed by atoms with Crippen LogP contribution < -0.4 is 5.32 Å². The van der Waals surface area contributed by atoms with E-state index < -0.39 is 17.6 Å². The molecule has 0 aromatic heterocycles. The van der Waals surface area contributed by atoms with E-state index in [2.05, 4.69) is 5.32 Å². The third kappa shape index (κ3) is 5.56. The average molecular weight is 408 g/mol. The van der Waals surface area contributed by atoms with Crippen molar-refractivity contribution in [3.63, 3.8) is 0 Å². The summed E-state index contributed by atoms with van der Waals surface area (Å²) >= 11 is 13.3. The van der Waals surface area contributed by atoms with Gasteiger partial charge in [-0.05, 0) is 47.7 Å². The first kappa shape index (κ1) is 19.9. The van der Waals surface area contributed by atoms with Crippen molar-refractivity contribution in [2.45, 2.75) is 24.5 Å². The number of carbonyl (C=O) groups is 1. The number of nitrogens with one attached hydrogen (secondary N) is 1. The smallest absolute Gasteiger partial charge is 0.348 e. The summed E-state index contributed by atoms with van der Waals surface area (Å²) < 4.78 is 38.5. The van der Waals surface area contributed by atoms with Gasteiger partial charge in [0.1, 0.15) is 0 Å². The monoisotopic (exact) mass is 407 g/mol. The lowest BCUT2D eigenvalue weighted by molar-refractivity contribution is -0.137. The molecule has 1 N–H and O–H groups in total. The Hall–Kier alpha value is -1.37. The molecule has 1 amide bonds. The molecule has 0 bridgehead atoms. The van der Waals surface area contributed by atoms with Crippen molar-refractivity contribution in [1.82, 2.24) is 5.32 Å². The topological polar surface area (TPSA) is 29.1 Å². The molecular formula is C17H14Cl2F3NOS. The molecule has 134 valence electrons. The summed E-state index contributed by atoms with van der Waals surface area (Å²) in [6, 6.07) is 8.08. The van der Waals surface area contributed by atoms with Crippen LogP contribution >= 0.6 is 35.0 Å². The molecule has 0 aliphatic carbocycles. The van der Waals surface area contributed by atoms with Crippen LogP contribution in [0.15, 0.2) is 41.3 Å². The average Bonchev–Trinajstić information content (AvgIpc) is 2.53. The number of hydrogen-bond donors (Lipinski definition) is 1. The van der Waals surface area contributed by atoms with Gasteiger partial charge in [0.05, 0.1) is 5.56 Å². The molecule has 0 radical (unpaired) electrons. The molecule has 0 spiro atoms. The summed E-state index contributed by atoms with van der Waals surface area (Å²) in [4.78, 5) is 13.2. The van der Waals surface area contributed by atoms with Crippen molar-refractivity contribution in [2.24, 2.45) is 0 Å². The van der Waals surface area contributed by atoms with Crippen LogP contribution in [0.2, 0.25) is 10.0 Å². The highest BCUT2D eigenvalue weighted by molar-refractivity contribution is 7.99. The van der Waals surface area contributed by atoms with Crippen molar-refractivity contribution in [2.75, 3.05) is 5.75 Å². The summed E-state index contributed by atoms with van der Waals surface area (Å²) in [6.07, 6.45) is -4.57. The quantitative estimate of drug-likeness (QED) is 0.610. The minimum Gasteiger partial charge on any atom is -0.348 e. The Morgan fingerprint density at radius 1 is 1.12 bits per heavy atom. The Morgan fingerprint density at radius 2 is 1.84 bits per heavy atom. The molecule has 0 unspecified atom stereocenters. The third-order valence-electron chi connectivity index (χ3n) is 3.25. The lowest BCUT2D eigenvalue weighted by atomic mass is 10.1. The molecule has 2 nitrogen and oxygen atoms in total. The summed E-state index contributed by atoms with van der Waals surface area (Å²) in [7, 11) is 0. The lowest BCUT2D eigenvalue weighted by Crippen LogP contribution is -2.23. The first-order valence-electron chi connectivity index (χ1n) is 7.28. The van der Waals surface area contributed by atoms with Gasteiger partial charge in [-0.25, -0.2) is 0 Å². The highest BCUT2D eigenvalue weighted by Gasteiger charge is 2.31. The third-order valence-corrected chi connectivity index (χ3v) is 4.70. The molecule has 0 atom stereocenters. The van der Waals surface area contributed by atoms with Gasteiger partial charge in [-0.3, -0.25) is 4.79 Å². The van der Waals surface area contributed by atoms with E-state index in [1.54, 1.807) is 23.9 Å². The van der Waals surface area contributed by atoms with Gasteiger partial charge in [0.2, 0.25) is 0 Å². The molecule has 2 aromatic carbocycles. The number of amides is 1. The lowest BCUT2D eigenvalue weighted by Gasteiger charge is -2.12. The van der Waals surface area contributed by atoms with Gasteiger partial charge in [-0.2, -0.15) is 13.2 Å². The summed E-state index contributed by atoms with van der Waals surface area (Å²) in [5.41, 5.74) is -0.313. The minimum atomic E-state index is -4.57. The van der Waals surface area contributed by atoms with Gasteiger partial charge >= 0.3 is 6.18 Å². The van der Waals surface area contributed by atoms with Crippen LogP contribution in [0.5, 0.6) is 0 Å². The first-order chi connectivity index (χ1) is 11.7. The maximum absolute atomic E-state index is 12.8. The van der Waals surface area contributed by atoms with E-state index in [1.807, 2.05) is 13.0 Å². The van der Waals surface area contributed by atoms with Crippen LogP contribution in [0.25, 0.3) is 0 Å². The van der Waals surface area contributed by atoms with Crippen molar-refractivity contribution < 1.29 is 18.0 Å². The zero-order valence-corrected chi connectivity index (χ0v) is 15.4. The second-order valence-corrected chi connectivity index (χ2v) is 7.27. The SMILES string of the molecule is CCSc1ccc(Cl)cc1CNC(=O)c1cc(Cl)cc(C(F)(F)F)c1. The summed E-state index contributed by atoms with van der Waals surface area (Å²) in [5.74, 6) is 0.201. The summed E-state index contributed by atoms with van der Waals surface area (Å²) in [6.45, 7) is 2.14. The van der Waals surface area contributed by atoms with Gasteiger partial charge in [0.25, 0.3) is 5.91 Å². The minimum absolute atomic E-state index is 0.147. The van der Waals surface area contributed by atoms with Crippen LogP contribution in [0.1, 0.15) is 28.4 Å². The normalized spacial score (nSPS) is 11.4. The fourth-order valence-electron chi connectivity index (χ4n) is 2.14. The predicted molar refractivity (Wildman–Crippen MR) is 95.5 cm³/mol. The number of alkyl halides is 3. The van der Waals surface area contributed by atoms with E-state index in [4.69, 9.17) is 23.2 Å². The van der Waals surface area contributed by atoms with Crippen molar-refractivity contribution >= 4 is 40.9 Å². The second-order valence-electron chi connectivity index (χ2n) is 5.09. The van der Waals surface area contributed by atoms with Gasteiger partial charge < -0.3 is 5.32 Å². The van der Waals surface area contributed by atoms with Crippen LogP contribution in [-0.2, 0) is 12.7 Å². The second kappa shape index (κ2) is 8.34. The fraction of sp³-hybridized carbons (Fsp3) is 0.235. The standard InChI is InChI=1S/C17H14Cl2F3NOS/c1-2-25-15-4-3-13(18)7-11(15)9-23-16(24)10-5-12(17(20,21)22)8-14(19)6-10/h3-8H,2,9H2,1H3,(H,23,24). The molecule has 2 aromatic rings.